The van der Waals surface area contributed by atoms with Crippen molar-refractivity contribution in [2.75, 3.05) is 0 Å². The molecule has 2 heterocycles. The third kappa shape index (κ3) is 2.84. The molecule has 0 aliphatic carbocycles. The van der Waals surface area contributed by atoms with E-state index in [0.29, 0.717) is 9.20 Å². The van der Waals surface area contributed by atoms with E-state index in [1.807, 2.05) is 36.4 Å². The number of hydrogen-bond donors (Lipinski definition) is 0. The molecule has 0 bridgehead atoms. The first-order valence-electron chi connectivity index (χ1n) is 6.67. The second-order valence-corrected chi connectivity index (χ2v) is 5.77. The number of Topliss-reactive ketones (excluding diaryl/α,β-unsaturated/α-hetero) is 1. The van der Waals surface area contributed by atoms with Gasteiger partial charge in [0.2, 0.25) is 5.78 Å². The van der Waals surface area contributed by atoms with Gasteiger partial charge in [-0.25, -0.2) is 0 Å². The minimum atomic E-state index is -0.256. The fourth-order valence-electron chi connectivity index (χ4n) is 2.01. The highest BCUT2D eigenvalue weighted by Gasteiger charge is 2.07. The van der Waals surface area contributed by atoms with Crippen LogP contribution in [0.3, 0.4) is 0 Å². The summed E-state index contributed by atoms with van der Waals surface area (Å²) >= 11 is 1.28. The minimum Gasteiger partial charge on any atom is -0.461 e. The number of nitrogens with zero attached hydrogens (tertiary/aromatic N) is 1. The van der Waals surface area contributed by atoms with Gasteiger partial charge in [-0.05, 0) is 23.8 Å². The maximum Gasteiger partial charge on any atom is 0.268 e. The number of carbonyl (C=O) groups excluding carboxylic acids is 1. The summed E-state index contributed by atoms with van der Waals surface area (Å²) in [7, 11) is 1.66. The Morgan fingerprint density at radius 1 is 1.18 bits per heavy atom. The van der Waals surface area contributed by atoms with E-state index in [9.17, 15) is 9.59 Å². The first-order chi connectivity index (χ1) is 10.6. The molecular formula is C17H13NO3S. The van der Waals surface area contributed by atoms with Crippen LogP contribution in [0, 0.1) is 0 Å². The van der Waals surface area contributed by atoms with Crippen LogP contribution in [0.15, 0.2) is 57.9 Å². The van der Waals surface area contributed by atoms with Gasteiger partial charge in [-0.3, -0.25) is 9.59 Å². The molecular weight excluding hydrogens is 298 g/mol. The molecule has 0 aliphatic heterocycles. The molecule has 0 unspecified atom stereocenters. The average molecular weight is 311 g/mol. The standard InChI is InChI=1S/C17H13NO3S/c1-18-16(11-13(19)14-8-5-9-21-14)22-15(17(18)20)10-12-6-3-2-4-7-12/h2-11H,1H3/b15-10-,16-11-. The highest BCUT2D eigenvalue weighted by molar-refractivity contribution is 7.07. The maximum absolute atomic E-state index is 12.2. The number of carbonyl (C=O) groups is 1. The van der Waals surface area contributed by atoms with Gasteiger partial charge in [0.1, 0.15) is 4.66 Å². The van der Waals surface area contributed by atoms with E-state index in [4.69, 9.17) is 4.42 Å². The molecule has 22 heavy (non-hydrogen) atoms. The number of aromatic nitrogens is 1. The normalized spacial score (nSPS) is 12.8. The van der Waals surface area contributed by atoms with Crippen molar-refractivity contribution in [2.45, 2.75) is 0 Å². The lowest BCUT2D eigenvalue weighted by Gasteiger charge is -1.89. The van der Waals surface area contributed by atoms with Gasteiger partial charge < -0.3 is 8.98 Å². The van der Waals surface area contributed by atoms with Gasteiger partial charge in [0, 0.05) is 13.1 Å². The number of furan rings is 1. The van der Waals surface area contributed by atoms with Gasteiger partial charge in [-0.2, -0.15) is 0 Å². The van der Waals surface area contributed by atoms with Crippen LogP contribution >= 0.6 is 11.3 Å². The third-order valence-corrected chi connectivity index (χ3v) is 4.29. The van der Waals surface area contributed by atoms with Crippen molar-refractivity contribution in [1.29, 1.82) is 0 Å². The Morgan fingerprint density at radius 2 is 1.95 bits per heavy atom. The van der Waals surface area contributed by atoms with E-state index in [2.05, 4.69) is 0 Å². The molecule has 0 saturated heterocycles. The zero-order valence-electron chi connectivity index (χ0n) is 11.9. The summed E-state index contributed by atoms with van der Waals surface area (Å²) in [5.74, 6) is 0.00236. The molecule has 0 N–H and O–H groups in total. The van der Waals surface area contributed by atoms with E-state index >= 15 is 0 Å². The van der Waals surface area contributed by atoms with Crippen LogP contribution in [0.4, 0.5) is 0 Å². The van der Waals surface area contributed by atoms with Gasteiger partial charge in [-0.15, -0.1) is 11.3 Å². The summed E-state index contributed by atoms with van der Waals surface area (Å²) in [6.45, 7) is 0. The van der Waals surface area contributed by atoms with Crippen molar-refractivity contribution >= 4 is 29.3 Å². The van der Waals surface area contributed by atoms with E-state index in [1.54, 1.807) is 19.2 Å². The van der Waals surface area contributed by atoms with Crippen LogP contribution in [0.5, 0.6) is 0 Å². The lowest BCUT2D eigenvalue weighted by atomic mass is 10.2. The minimum absolute atomic E-state index is 0.118. The van der Waals surface area contributed by atoms with Gasteiger partial charge in [0.15, 0.2) is 5.76 Å². The number of benzene rings is 1. The van der Waals surface area contributed by atoms with Crippen LogP contribution in [0.1, 0.15) is 16.1 Å². The second kappa shape index (κ2) is 5.99. The number of hydrogen-bond acceptors (Lipinski definition) is 4. The molecule has 0 radical (unpaired) electrons. The highest BCUT2D eigenvalue weighted by Crippen LogP contribution is 2.02. The summed E-state index contributed by atoms with van der Waals surface area (Å²) in [5, 5.41) is 0. The molecule has 5 heteroatoms. The van der Waals surface area contributed by atoms with Crippen LogP contribution in [0.25, 0.3) is 12.2 Å². The van der Waals surface area contributed by atoms with E-state index in [0.717, 1.165) is 5.56 Å². The first-order valence-corrected chi connectivity index (χ1v) is 7.49. The summed E-state index contributed by atoms with van der Waals surface area (Å²) in [5.41, 5.74) is 0.831. The highest BCUT2D eigenvalue weighted by atomic mass is 32.1. The fourth-order valence-corrected chi connectivity index (χ4v) is 3.04. The zero-order chi connectivity index (χ0) is 15.5. The molecule has 110 valence electrons. The molecule has 1 aromatic carbocycles. The number of ketones is 1. The predicted molar refractivity (Wildman–Crippen MR) is 86.3 cm³/mol. The molecule has 0 spiro atoms. The molecule has 3 aromatic rings. The third-order valence-electron chi connectivity index (χ3n) is 3.18. The Balaban J connectivity index is 2.09. The Kier molecular flexibility index (Phi) is 3.89. The zero-order valence-corrected chi connectivity index (χ0v) is 12.7. The fraction of sp³-hybridized carbons (Fsp3) is 0.0588. The van der Waals surface area contributed by atoms with Crippen molar-refractivity contribution in [3.63, 3.8) is 0 Å². The average Bonchev–Trinajstić information content (AvgIpc) is 3.14. The Hall–Kier alpha value is -2.66. The van der Waals surface area contributed by atoms with Gasteiger partial charge >= 0.3 is 0 Å². The number of thiazole rings is 1. The SMILES string of the molecule is Cn1c(=O)/c(=C/c2ccccc2)s/c1=C\C(=O)c1ccco1. The van der Waals surface area contributed by atoms with Gasteiger partial charge in [-0.1, -0.05) is 30.3 Å². The smallest absolute Gasteiger partial charge is 0.268 e. The van der Waals surface area contributed by atoms with Crippen LogP contribution < -0.4 is 14.8 Å². The Bertz CT molecular complexity index is 963. The van der Waals surface area contributed by atoms with Crippen molar-refractivity contribution in [3.8, 4) is 0 Å². The van der Waals surface area contributed by atoms with E-state index < -0.39 is 0 Å². The van der Waals surface area contributed by atoms with Crippen molar-refractivity contribution in [2.24, 2.45) is 7.05 Å². The molecule has 0 fully saturated rings. The largest absolute Gasteiger partial charge is 0.461 e. The summed E-state index contributed by atoms with van der Waals surface area (Å²) in [6.07, 6.45) is 4.69. The maximum atomic E-state index is 12.2. The number of rotatable bonds is 3. The van der Waals surface area contributed by atoms with Crippen LogP contribution in [0.2, 0.25) is 0 Å². The van der Waals surface area contributed by atoms with Gasteiger partial charge in [0.25, 0.3) is 5.56 Å². The van der Waals surface area contributed by atoms with E-state index in [-0.39, 0.29) is 17.1 Å². The van der Waals surface area contributed by atoms with Crippen LogP contribution in [-0.2, 0) is 7.05 Å². The monoisotopic (exact) mass is 311 g/mol. The van der Waals surface area contributed by atoms with Crippen LogP contribution in [-0.4, -0.2) is 10.4 Å². The second-order valence-electron chi connectivity index (χ2n) is 4.71. The molecule has 0 atom stereocenters. The molecule has 0 saturated carbocycles. The first kappa shape index (κ1) is 14.3. The molecule has 4 nitrogen and oxygen atoms in total. The van der Waals surface area contributed by atoms with Crippen molar-refractivity contribution < 1.29 is 9.21 Å². The summed E-state index contributed by atoms with van der Waals surface area (Å²) < 4.78 is 7.72. The van der Waals surface area contributed by atoms with Crippen molar-refractivity contribution in [1.82, 2.24) is 4.57 Å². The quantitative estimate of drug-likeness (QED) is 0.689. The molecule has 3 rings (SSSR count). The lowest BCUT2D eigenvalue weighted by Crippen LogP contribution is -2.29. The van der Waals surface area contributed by atoms with E-state index in [1.165, 1.54) is 28.2 Å². The predicted octanol–water partition coefficient (Wildman–Crippen LogP) is 1.53. The lowest BCUT2D eigenvalue weighted by molar-refractivity contribution is 0.103. The molecule has 2 aromatic heterocycles. The Morgan fingerprint density at radius 3 is 2.64 bits per heavy atom. The molecule has 0 aliphatic rings. The summed E-state index contributed by atoms with van der Waals surface area (Å²) in [4.78, 5) is 24.3. The van der Waals surface area contributed by atoms with Crippen molar-refractivity contribution in [3.05, 3.63) is 79.6 Å². The van der Waals surface area contributed by atoms with Gasteiger partial charge in [0.05, 0.1) is 10.8 Å². The molecule has 0 amide bonds. The topological polar surface area (TPSA) is 52.2 Å². The summed E-state index contributed by atoms with van der Waals surface area (Å²) in [6, 6.07) is 12.9. The Labute approximate surface area is 130 Å².